The molecule has 0 bridgehead atoms. The minimum Gasteiger partial charge on any atom is -0.342 e. The van der Waals surface area contributed by atoms with Crippen molar-refractivity contribution in [3.63, 3.8) is 0 Å². The molecule has 33 heavy (non-hydrogen) atoms. The number of carbonyl (C=O) groups is 3. The highest BCUT2D eigenvalue weighted by Gasteiger charge is 2.37. The summed E-state index contributed by atoms with van der Waals surface area (Å²) >= 11 is 0.903. The lowest BCUT2D eigenvalue weighted by Crippen LogP contribution is -2.40. The van der Waals surface area contributed by atoms with E-state index in [1.54, 1.807) is 11.0 Å². The van der Waals surface area contributed by atoms with Crippen LogP contribution in [0.5, 0.6) is 0 Å². The fourth-order valence-corrected chi connectivity index (χ4v) is 5.22. The Morgan fingerprint density at radius 1 is 1.03 bits per heavy atom. The van der Waals surface area contributed by atoms with Gasteiger partial charge in [0.25, 0.3) is 11.1 Å². The third kappa shape index (κ3) is 4.33. The number of aryl methyl sites for hydroxylation is 1. The molecule has 2 saturated heterocycles. The lowest BCUT2D eigenvalue weighted by Gasteiger charge is -2.18. The molecule has 7 heteroatoms. The summed E-state index contributed by atoms with van der Waals surface area (Å²) in [5.41, 5.74) is 4.35. The number of imide groups is 1. The second kappa shape index (κ2) is 8.90. The van der Waals surface area contributed by atoms with Gasteiger partial charge in [-0.25, -0.2) is 0 Å². The van der Waals surface area contributed by atoms with Gasteiger partial charge in [-0.1, -0.05) is 48.0 Å². The highest BCUT2D eigenvalue weighted by Crippen LogP contribution is 2.34. The predicted molar refractivity (Wildman–Crippen MR) is 131 cm³/mol. The van der Waals surface area contributed by atoms with Gasteiger partial charge < -0.3 is 9.47 Å². The van der Waals surface area contributed by atoms with E-state index in [4.69, 9.17) is 0 Å². The van der Waals surface area contributed by atoms with Crippen LogP contribution in [0.25, 0.3) is 17.0 Å². The summed E-state index contributed by atoms with van der Waals surface area (Å²) in [6, 6.07) is 16.5. The van der Waals surface area contributed by atoms with Crippen LogP contribution in [-0.2, 0) is 16.1 Å². The van der Waals surface area contributed by atoms with Crippen LogP contribution >= 0.6 is 11.8 Å². The second-order valence-corrected chi connectivity index (χ2v) is 9.56. The molecule has 0 saturated carbocycles. The van der Waals surface area contributed by atoms with Gasteiger partial charge in [0.2, 0.25) is 5.91 Å². The molecule has 3 aromatic rings. The van der Waals surface area contributed by atoms with Crippen LogP contribution in [0.3, 0.4) is 0 Å². The average Bonchev–Trinajstić information content (AvgIpc) is 3.52. The van der Waals surface area contributed by atoms with Crippen molar-refractivity contribution in [3.8, 4) is 0 Å². The predicted octanol–water partition coefficient (Wildman–Crippen LogP) is 4.66. The van der Waals surface area contributed by atoms with E-state index in [2.05, 4.69) is 41.8 Å². The number of benzene rings is 2. The number of nitrogens with zero attached hydrogens (tertiary/aromatic N) is 3. The molecule has 2 fully saturated rings. The second-order valence-electron chi connectivity index (χ2n) is 8.57. The monoisotopic (exact) mass is 459 g/mol. The Kier molecular flexibility index (Phi) is 5.81. The van der Waals surface area contributed by atoms with Gasteiger partial charge in [-0.3, -0.25) is 19.3 Å². The van der Waals surface area contributed by atoms with Crippen LogP contribution in [0, 0.1) is 6.92 Å². The number of carbonyl (C=O) groups excluding carboxylic acids is 3. The average molecular weight is 460 g/mol. The molecule has 2 aliphatic rings. The van der Waals surface area contributed by atoms with Crippen molar-refractivity contribution >= 4 is 45.8 Å². The summed E-state index contributed by atoms with van der Waals surface area (Å²) < 4.78 is 2.16. The molecule has 0 spiro atoms. The number of aromatic nitrogens is 1. The Hall–Kier alpha value is -3.32. The molecule has 0 unspecified atom stereocenters. The molecular formula is C26H25N3O3S. The molecule has 0 N–H and O–H groups in total. The first-order chi connectivity index (χ1) is 16.0. The number of para-hydroxylation sites is 1. The standard InChI is InChI=1S/C26H25N3O3S/c1-18-8-10-19(11-9-18)15-28-16-20(21-6-2-3-7-22(21)28)14-23-25(31)29(26(32)33-23)17-24(30)27-12-4-5-13-27/h2-3,6-11,14,16H,4-5,12-13,15,17H2,1H3/b23-14-. The molecule has 168 valence electrons. The van der Waals surface area contributed by atoms with Crippen LogP contribution in [0.2, 0.25) is 0 Å². The SMILES string of the molecule is Cc1ccc(Cn2cc(/C=C3\SC(=O)N(CC(=O)N4CCCC4)C3=O)c3ccccc32)cc1. The number of likely N-dealkylation sites (tertiary alicyclic amines) is 1. The van der Waals surface area contributed by atoms with Crippen LogP contribution in [0.4, 0.5) is 4.79 Å². The van der Waals surface area contributed by atoms with Gasteiger partial charge in [-0.15, -0.1) is 0 Å². The molecule has 0 atom stereocenters. The summed E-state index contributed by atoms with van der Waals surface area (Å²) in [5.74, 6) is -0.557. The first kappa shape index (κ1) is 21.5. The van der Waals surface area contributed by atoms with Crippen LogP contribution < -0.4 is 0 Å². The lowest BCUT2D eigenvalue weighted by molar-refractivity contribution is -0.135. The van der Waals surface area contributed by atoms with Crippen molar-refractivity contribution in [2.24, 2.45) is 0 Å². The third-order valence-corrected chi connectivity index (χ3v) is 7.11. The zero-order chi connectivity index (χ0) is 22.9. The zero-order valence-corrected chi connectivity index (χ0v) is 19.3. The van der Waals surface area contributed by atoms with Crippen LogP contribution in [0.15, 0.2) is 59.6 Å². The number of fused-ring (bicyclic) bond motifs is 1. The minimum absolute atomic E-state index is 0.161. The number of thioether (sulfide) groups is 1. The van der Waals surface area contributed by atoms with Crippen molar-refractivity contribution < 1.29 is 14.4 Å². The van der Waals surface area contributed by atoms with Crippen LogP contribution in [0.1, 0.15) is 29.5 Å². The molecule has 0 aliphatic carbocycles. The number of rotatable bonds is 5. The molecule has 1 aromatic heterocycles. The minimum atomic E-state index is -0.395. The third-order valence-electron chi connectivity index (χ3n) is 6.21. The van der Waals surface area contributed by atoms with Gasteiger partial charge in [0.1, 0.15) is 6.54 Å². The Balaban J connectivity index is 1.41. The molecular weight excluding hydrogens is 434 g/mol. The van der Waals surface area contributed by atoms with E-state index in [0.29, 0.717) is 24.5 Å². The van der Waals surface area contributed by atoms with E-state index in [9.17, 15) is 14.4 Å². The topological polar surface area (TPSA) is 62.6 Å². The zero-order valence-electron chi connectivity index (χ0n) is 18.5. The maximum atomic E-state index is 13.0. The van der Waals surface area contributed by atoms with Crippen molar-refractivity contribution in [1.82, 2.24) is 14.4 Å². The first-order valence-corrected chi connectivity index (χ1v) is 12.0. The Morgan fingerprint density at radius 3 is 2.52 bits per heavy atom. The number of amides is 3. The molecule has 2 aromatic carbocycles. The molecule has 3 heterocycles. The van der Waals surface area contributed by atoms with Crippen molar-refractivity contribution in [1.29, 1.82) is 0 Å². The Bertz CT molecular complexity index is 1270. The maximum absolute atomic E-state index is 13.0. The molecule has 0 radical (unpaired) electrons. The summed E-state index contributed by atoms with van der Waals surface area (Å²) in [6.45, 7) is 3.99. The van der Waals surface area contributed by atoms with E-state index >= 15 is 0 Å². The summed E-state index contributed by atoms with van der Waals surface area (Å²) in [4.78, 5) is 41.1. The van der Waals surface area contributed by atoms with E-state index in [1.165, 1.54) is 11.1 Å². The fourth-order valence-electron chi connectivity index (χ4n) is 4.39. The number of hydrogen-bond donors (Lipinski definition) is 0. The fraction of sp³-hybridized carbons (Fsp3) is 0.269. The van der Waals surface area contributed by atoms with Gasteiger partial charge in [0.05, 0.1) is 4.91 Å². The van der Waals surface area contributed by atoms with E-state index < -0.39 is 5.91 Å². The molecule has 5 rings (SSSR count). The summed E-state index contributed by atoms with van der Waals surface area (Å²) in [5, 5.41) is 0.631. The molecule has 3 amide bonds. The highest BCUT2D eigenvalue weighted by atomic mass is 32.2. The summed E-state index contributed by atoms with van der Waals surface area (Å²) in [7, 11) is 0. The highest BCUT2D eigenvalue weighted by molar-refractivity contribution is 8.18. The number of hydrogen-bond acceptors (Lipinski definition) is 4. The van der Waals surface area contributed by atoms with E-state index in [-0.39, 0.29) is 17.7 Å². The smallest absolute Gasteiger partial charge is 0.294 e. The van der Waals surface area contributed by atoms with Gasteiger partial charge in [0.15, 0.2) is 0 Å². The molecule has 6 nitrogen and oxygen atoms in total. The van der Waals surface area contributed by atoms with Gasteiger partial charge in [-0.05, 0) is 49.2 Å². The van der Waals surface area contributed by atoms with Gasteiger partial charge in [0, 0.05) is 42.3 Å². The quantitative estimate of drug-likeness (QED) is 0.521. The largest absolute Gasteiger partial charge is 0.342 e. The first-order valence-electron chi connectivity index (χ1n) is 11.2. The Morgan fingerprint density at radius 2 is 1.76 bits per heavy atom. The van der Waals surface area contributed by atoms with Crippen molar-refractivity contribution in [2.75, 3.05) is 19.6 Å². The van der Waals surface area contributed by atoms with Gasteiger partial charge >= 0.3 is 0 Å². The van der Waals surface area contributed by atoms with Crippen molar-refractivity contribution in [2.45, 2.75) is 26.3 Å². The normalized spacial score (nSPS) is 17.7. The Labute approximate surface area is 196 Å². The maximum Gasteiger partial charge on any atom is 0.294 e. The van der Waals surface area contributed by atoms with Crippen LogP contribution in [-0.4, -0.2) is 51.1 Å². The summed E-state index contributed by atoms with van der Waals surface area (Å²) in [6.07, 6.45) is 5.74. The van der Waals surface area contributed by atoms with Crippen molar-refractivity contribution in [3.05, 3.63) is 76.3 Å². The lowest BCUT2D eigenvalue weighted by atomic mass is 10.1. The van der Waals surface area contributed by atoms with E-state index in [1.807, 2.05) is 24.4 Å². The van der Waals surface area contributed by atoms with E-state index in [0.717, 1.165) is 46.0 Å². The van der Waals surface area contributed by atoms with Gasteiger partial charge in [-0.2, -0.15) is 0 Å². The molecule has 2 aliphatic heterocycles.